The van der Waals surface area contributed by atoms with Crippen LogP contribution < -0.4 is 4.90 Å². The molecule has 0 N–H and O–H groups in total. The zero-order valence-corrected chi connectivity index (χ0v) is 8.03. The van der Waals surface area contributed by atoms with Gasteiger partial charge in [-0.1, -0.05) is 6.07 Å². The zero-order chi connectivity index (χ0) is 10.6. The molecule has 0 aliphatic heterocycles. The van der Waals surface area contributed by atoms with E-state index in [9.17, 15) is 9.18 Å². The van der Waals surface area contributed by atoms with E-state index in [1.54, 1.807) is 13.0 Å². The van der Waals surface area contributed by atoms with Crippen LogP contribution in [0.25, 0.3) is 0 Å². The lowest BCUT2D eigenvalue weighted by molar-refractivity contribution is 0.182. The number of carbonyl (C=O) groups excluding carboxylic acids is 1. The molecule has 0 bridgehead atoms. The van der Waals surface area contributed by atoms with Gasteiger partial charge in [0.05, 0.1) is 0 Å². The van der Waals surface area contributed by atoms with Gasteiger partial charge in [0.2, 0.25) is 0 Å². The topological polar surface area (TPSA) is 29.5 Å². The molecule has 75 valence electrons. The fourth-order valence-corrected chi connectivity index (χ4v) is 0.970. The SMILES string of the molecule is C[CH]OC(=O)N(C)c1cccc(F)c1. The van der Waals surface area contributed by atoms with E-state index in [1.165, 1.54) is 36.8 Å². The third-order valence-electron chi connectivity index (χ3n) is 1.69. The molecule has 0 unspecified atom stereocenters. The number of nitrogens with zero attached hydrogens (tertiary/aromatic N) is 1. The Morgan fingerprint density at radius 1 is 1.57 bits per heavy atom. The number of amides is 1. The van der Waals surface area contributed by atoms with Crippen LogP contribution in [0.4, 0.5) is 14.9 Å². The summed E-state index contributed by atoms with van der Waals surface area (Å²) in [5.74, 6) is -0.386. The third kappa shape index (κ3) is 2.45. The Hall–Kier alpha value is -1.58. The summed E-state index contributed by atoms with van der Waals surface area (Å²) in [5.41, 5.74) is 0.455. The van der Waals surface area contributed by atoms with Crippen LogP contribution in [0, 0.1) is 12.4 Å². The van der Waals surface area contributed by atoms with E-state index >= 15 is 0 Å². The van der Waals surface area contributed by atoms with Crippen molar-refractivity contribution in [3.8, 4) is 0 Å². The molecule has 4 heteroatoms. The monoisotopic (exact) mass is 196 g/mol. The van der Waals surface area contributed by atoms with Crippen LogP contribution in [0.1, 0.15) is 6.92 Å². The first kappa shape index (κ1) is 10.5. The number of carbonyl (C=O) groups is 1. The van der Waals surface area contributed by atoms with Crippen molar-refractivity contribution < 1.29 is 13.9 Å². The number of rotatable bonds is 2. The van der Waals surface area contributed by atoms with E-state index in [0.717, 1.165) is 0 Å². The van der Waals surface area contributed by atoms with E-state index < -0.39 is 6.09 Å². The smallest absolute Gasteiger partial charge is 0.414 e. The summed E-state index contributed by atoms with van der Waals surface area (Å²) in [5, 5.41) is 0. The molecule has 14 heavy (non-hydrogen) atoms. The molecule has 0 aliphatic carbocycles. The second kappa shape index (κ2) is 4.60. The first-order valence-electron chi connectivity index (χ1n) is 4.13. The normalized spacial score (nSPS) is 9.64. The van der Waals surface area contributed by atoms with E-state index in [0.29, 0.717) is 5.69 Å². The number of anilines is 1. The highest BCUT2D eigenvalue weighted by atomic mass is 19.1. The minimum absolute atomic E-state index is 0.386. The number of benzene rings is 1. The van der Waals surface area contributed by atoms with Gasteiger partial charge >= 0.3 is 6.09 Å². The molecule has 0 fully saturated rings. The highest BCUT2D eigenvalue weighted by molar-refractivity contribution is 5.87. The lowest BCUT2D eigenvalue weighted by atomic mass is 10.3. The molecule has 1 radical (unpaired) electrons. The van der Waals surface area contributed by atoms with Gasteiger partial charge in [-0.05, 0) is 25.1 Å². The predicted octanol–water partition coefficient (Wildman–Crippen LogP) is 2.58. The van der Waals surface area contributed by atoms with Crippen molar-refractivity contribution in [1.29, 1.82) is 0 Å². The maximum Gasteiger partial charge on any atom is 0.414 e. The molecule has 0 atom stereocenters. The highest BCUT2D eigenvalue weighted by Gasteiger charge is 2.11. The summed E-state index contributed by atoms with van der Waals surface area (Å²) in [6.45, 7) is 2.87. The minimum Gasteiger partial charge on any atom is -0.442 e. The molecule has 1 amide bonds. The standard InChI is InChI=1S/C10H11FNO2/c1-3-14-10(13)12(2)9-6-4-5-8(11)7-9/h3-7H,1-2H3. The van der Waals surface area contributed by atoms with Crippen LogP contribution in [0.15, 0.2) is 24.3 Å². The largest absolute Gasteiger partial charge is 0.442 e. The Balaban J connectivity index is 2.78. The van der Waals surface area contributed by atoms with Gasteiger partial charge in [0.25, 0.3) is 0 Å². The van der Waals surface area contributed by atoms with Gasteiger partial charge in [-0.25, -0.2) is 9.18 Å². The van der Waals surface area contributed by atoms with Gasteiger partial charge in [-0.15, -0.1) is 0 Å². The Kier molecular flexibility index (Phi) is 3.45. The Bertz CT molecular complexity index is 328. The zero-order valence-electron chi connectivity index (χ0n) is 8.03. The average Bonchev–Trinajstić information content (AvgIpc) is 2.17. The molecular formula is C10H11FNO2. The fourth-order valence-electron chi connectivity index (χ4n) is 0.970. The van der Waals surface area contributed by atoms with Crippen LogP contribution in [0.3, 0.4) is 0 Å². The lowest BCUT2D eigenvalue weighted by Crippen LogP contribution is -2.26. The summed E-state index contributed by atoms with van der Waals surface area (Å²) in [6, 6.07) is 5.73. The minimum atomic E-state index is -0.543. The van der Waals surface area contributed by atoms with Gasteiger partial charge in [0.15, 0.2) is 0 Å². The molecular weight excluding hydrogens is 185 g/mol. The number of ether oxygens (including phenoxy) is 1. The lowest BCUT2D eigenvalue weighted by Gasteiger charge is -2.15. The van der Waals surface area contributed by atoms with E-state index in [2.05, 4.69) is 4.74 Å². The second-order valence-electron chi connectivity index (χ2n) is 2.66. The van der Waals surface area contributed by atoms with E-state index in [4.69, 9.17) is 0 Å². The van der Waals surface area contributed by atoms with Crippen molar-refractivity contribution in [2.24, 2.45) is 0 Å². The van der Waals surface area contributed by atoms with Crippen molar-refractivity contribution in [2.75, 3.05) is 11.9 Å². The number of hydrogen-bond acceptors (Lipinski definition) is 2. The van der Waals surface area contributed by atoms with Crippen LogP contribution >= 0.6 is 0 Å². The molecule has 1 aromatic rings. The van der Waals surface area contributed by atoms with Crippen LogP contribution in [0.5, 0.6) is 0 Å². The molecule has 1 aromatic carbocycles. The summed E-state index contributed by atoms with van der Waals surface area (Å²) in [6.07, 6.45) is -0.543. The molecule has 3 nitrogen and oxygen atoms in total. The van der Waals surface area contributed by atoms with Crippen LogP contribution in [-0.2, 0) is 4.74 Å². The van der Waals surface area contributed by atoms with Gasteiger partial charge in [0, 0.05) is 12.7 Å². The summed E-state index contributed by atoms with van der Waals surface area (Å²) >= 11 is 0. The highest BCUT2D eigenvalue weighted by Crippen LogP contribution is 2.14. The van der Waals surface area contributed by atoms with Gasteiger partial charge < -0.3 is 4.74 Å². The first-order valence-corrected chi connectivity index (χ1v) is 4.13. The van der Waals surface area contributed by atoms with Crippen molar-refractivity contribution in [2.45, 2.75) is 6.92 Å². The van der Waals surface area contributed by atoms with Crippen molar-refractivity contribution >= 4 is 11.8 Å². The third-order valence-corrected chi connectivity index (χ3v) is 1.69. The number of halogens is 1. The molecule has 0 aromatic heterocycles. The summed E-state index contributed by atoms with van der Waals surface area (Å²) < 4.78 is 17.4. The fraction of sp³-hybridized carbons (Fsp3) is 0.200. The van der Waals surface area contributed by atoms with Crippen LogP contribution in [-0.4, -0.2) is 13.1 Å². The van der Waals surface area contributed by atoms with Gasteiger partial charge in [0.1, 0.15) is 12.4 Å². The molecule has 0 aliphatic rings. The molecule has 0 heterocycles. The Morgan fingerprint density at radius 3 is 2.86 bits per heavy atom. The molecule has 0 saturated heterocycles. The summed E-state index contributed by atoms with van der Waals surface area (Å²) in [4.78, 5) is 12.4. The van der Waals surface area contributed by atoms with Crippen molar-refractivity contribution in [3.05, 3.63) is 36.7 Å². The Labute approximate surface area is 82.1 Å². The predicted molar refractivity (Wildman–Crippen MR) is 51.3 cm³/mol. The number of hydrogen-bond donors (Lipinski definition) is 0. The molecule has 0 saturated carbocycles. The average molecular weight is 196 g/mol. The first-order chi connectivity index (χ1) is 6.65. The van der Waals surface area contributed by atoms with E-state index in [-0.39, 0.29) is 5.82 Å². The molecule has 0 spiro atoms. The van der Waals surface area contributed by atoms with Crippen LogP contribution in [0.2, 0.25) is 0 Å². The second-order valence-corrected chi connectivity index (χ2v) is 2.66. The quantitative estimate of drug-likeness (QED) is 0.727. The van der Waals surface area contributed by atoms with Gasteiger partial charge in [-0.3, -0.25) is 4.90 Å². The summed E-state index contributed by atoms with van der Waals surface area (Å²) in [7, 11) is 1.51. The maximum atomic E-state index is 12.8. The maximum absolute atomic E-state index is 12.8. The van der Waals surface area contributed by atoms with E-state index in [1.807, 2.05) is 0 Å². The van der Waals surface area contributed by atoms with Crippen molar-refractivity contribution in [1.82, 2.24) is 0 Å². The molecule has 1 rings (SSSR count). The van der Waals surface area contributed by atoms with Gasteiger partial charge in [-0.2, -0.15) is 0 Å². The van der Waals surface area contributed by atoms with Crippen molar-refractivity contribution in [3.63, 3.8) is 0 Å². The Morgan fingerprint density at radius 2 is 2.29 bits per heavy atom.